The van der Waals surface area contributed by atoms with Crippen LogP contribution in [-0.2, 0) is 11.2 Å². The van der Waals surface area contributed by atoms with E-state index in [2.05, 4.69) is 10.3 Å². The van der Waals surface area contributed by atoms with Gasteiger partial charge in [0.1, 0.15) is 5.82 Å². The molecule has 7 heteroatoms. The first-order valence-electron chi connectivity index (χ1n) is 9.36. The Morgan fingerprint density at radius 3 is 2.17 bits per heavy atom. The van der Waals surface area contributed by atoms with Crippen molar-refractivity contribution in [1.82, 2.24) is 4.98 Å². The SMILES string of the molecule is NC(=O)c1ccc(NC(=O)C(CSC(=O)c2ccccc2)Cc2ccccc2)nc1. The predicted octanol–water partition coefficient (Wildman–Crippen LogP) is 3.55. The van der Waals surface area contributed by atoms with E-state index in [0.717, 1.165) is 17.3 Å². The molecule has 0 aliphatic rings. The highest BCUT2D eigenvalue weighted by molar-refractivity contribution is 8.14. The summed E-state index contributed by atoms with van der Waals surface area (Å²) in [5.74, 6) is -0.622. The Balaban J connectivity index is 1.70. The van der Waals surface area contributed by atoms with Crippen LogP contribution in [0.4, 0.5) is 5.82 Å². The molecule has 0 bridgehead atoms. The van der Waals surface area contributed by atoms with E-state index < -0.39 is 11.8 Å². The minimum Gasteiger partial charge on any atom is -0.366 e. The Morgan fingerprint density at radius 2 is 1.57 bits per heavy atom. The lowest BCUT2D eigenvalue weighted by molar-refractivity contribution is -0.119. The van der Waals surface area contributed by atoms with Gasteiger partial charge in [-0.3, -0.25) is 14.4 Å². The number of hydrogen-bond acceptors (Lipinski definition) is 5. The Kier molecular flexibility index (Phi) is 7.34. The molecule has 0 aliphatic heterocycles. The highest BCUT2D eigenvalue weighted by atomic mass is 32.2. The number of benzene rings is 2. The maximum Gasteiger partial charge on any atom is 0.250 e. The quantitative estimate of drug-likeness (QED) is 0.581. The largest absolute Gasteiger partial charge is 0.366 e. The van der Waals surface area contributed by atoms with E-state index in [1.807, 2.05) is 48.5 Å². The number of hydrogen-bond donors (Lipinski definition) is 2. The molecule has 1 aromatic heterocycles. The number of carbonyl (C=O) groups excluding carboxylic acids is 3. The second kappa shape index (κ2) is 10.4. The minimum atomic E-state index is -0.585. The molecule has 3 aromatic rings. The van der Waals surface area contributed by atoms with Crippen LogP contribution in [0.3, 0.4) is 0 Å². The van der Waals surface area contributed by atoms with Gasteiger partial charge in [-0.2, -0.15) is 0 Å². The second-order valence-corrected chi connectivity index (χ2v) is 7.63. The lowest BCUT2D eigenvalue weighted by Crippen LogP contribution is -2.27. The molecule has 0 aliphatic carbocycles. The predicted molar refractivity (Wildman–Crippen MR) is 118 cm³/mol. The van der Waals surface area contributed by atoms with Crippen LogP contribution in [0, 0.1) is 5.92 Å². The van der Waals surface area contributed by atoms with E-state index in [1.165, 1.54) is 18.3 Å². The van der Waals surface area contributed by atoms with Crippen LogP contribution < -0.4 is 11.1 Å². The van der Waals surface area contributed by atoms with Crippen molar-refractivity contribution in [3.63, 3.8) is 0 Å². The zero-order valence-corrected chi connectivity index (χ0v) is 17.0. The average Bonchev–Trinajstić information content (AvgIpc) is 2.78. The standard InChI is InChI=1S/C23H21N3O3S/c24-21(27)18-11-12-20(25-14-18)26-22(28)19(13-16-7-3-1-4-8-16)15-30-23(29)17-9-5-2-6-10-17/h1-12,14,19H,13,15H2,(H2,24,27)(H,25,26,28). The van der Waals surface area contributed by atoms with Crippen molar-refractivity contribution >= 4 is 34.5 Å². The Morgan fingerprint density at radius 1 is 0.900 bits per heavy atom. The molecule has 2 aromatic carbocycles. The maximum absolute atomic E-state index is 12.9. The number of nitrogens with zero attached hydrogens (tertiary/aromatic N) is 1. The molecule has 1 unspecified atom stereocenters. The van der Waals surface area contributed by atoms with Crippen molar-refractivity contribution < 1.29 is 14.4 Å². The number of rotatable bonds is 8. The van der Waals surface area contributed by atoms with Crippen LogP contribution in [0.15, 0.2) is 79.0 Å². The third-order valence-corrected chi connectivity index (χ3v) is 5.49. The van der Waals surface area contributed by atoms with Gasteiger partial charge in [0.25, 0.3) is 0 Å². The fourth-order valence-electron chi connectivity index (χ4n) is 2.80. The van der Waals surface area contributed by atoms with Crippen molar-refractivity contribution in [2.24, 2.45) is 11.7 Å². The summed E-state index contributed by atoms with van der Waals surface area (Å²) < 4.78 is 0. The number of aromatic nitrogens is 1. The van der Waals surface area contributed by atoms with Crippen LogP contribution >= 0.6 is 11.8 Å². The fraction of sp³-hybridized carbons (Fsp3) is 0.130. The highest BCUT2D eigenvalue weighted by Crippen LogP contribution is 2.20. The number of primary amides is 1. The van der Waals surface area contributed by atoms with Crippen molar-refractivity contribution in [2.45, 2.75) is 6.42 Å². The number of thioether (sulfide) groups is 1. The lowest BCUT2D eigenvalue weighted by atomic mass is 10.0. The van der Waals surface area contributed by atoms with E-state index >= 15 is 0 Å². The summed E-state index contributed by atoms with van der Waals surface area (Å²) in [6, 6.07) is 21.6. The third kappa shape index (κ3) is 6.02. The molecular formula is C23H21N3O3S. The molecule has 1 heterocycles. The smallest absolute Gasteiger partial charge is 0.250 e. The summed E-state index contributed by atoms with van der Waals surface area (Å²) >= 11 is 1.12. The van der Waals surface area contributed by atoms with Crippen LogP contribution in [0.2, 0.25) is 0 Å². The number of carbonyl (C=O) groups is 3. The number of anilines is 1. The van der Waals surface area contributed by atoms with Crippen molar-refractivity contribution in [1.29, 1.82) is 0 Å². The molecular weight excluding hydrogens is 398 g/mol. The van der Waals surface area contributed by atoms with Gasteiger partial charge in [0.15, 0.2) is 0 Å². The number of pyridine rings is 1. The fourth-order valence-corrected chi connectivity index (χ4v) is 3.73. The summed E-state index contributed by atoms with van der Waals surface area (Å²) in [6.07, 6.45) is 1.80. The molecule has 3 rings (SSSR count). The van der Waals surface area contributed by atoms with Crippen molar-refractivity contribution in [3.8, 4) is 0 Å². The van der Waals surface area contributed by atoms with Gasteiger partial charge >= 0.3 is 0 Å². The number of nitrogens with one attached hydrogen (secondary N) is 1. The van der Waals surface area contributed by atoms with Crippen LogP contribution in [0.5, 0.6) is 0 Å². The highest BCUT2D eigenvalue weighted by Gasteiger charge is 2.22. The van der Waals surface area contributed by atoms with Gasteiger partial charge in [0, 0.05) is 17.5 Å². The first-order chi connectivity index (χ1) is 14.5. The van der Waals surface area contributed by atoms with Gasteiger partial charge in [-0.25, -0.2) is 4.98 Å². The van der Waals surface area contributed by atoms with Crippen LogP contribution in [-0.4, -0.2) is 27.7 Å². The summed E-state index contributed by atoms with van der Waals surface area (Å²) in [7, 11) is 0. The van der Waals surface area contributed by atoms with Crippen LogP contribution in [0.25, 0.3) is 0 Å². The van der Waals surface area contributed by atoms with E-state index in [0.29, 0.717) is 23.6 Å². The molecule has 0 radical (unpaired) electrons. The molecule has 1 atom stereocenters. The Bertz CT molecular complexity index is 1010. The van der Waals surface area contributed by atoms with E-state index in [-0.39, 0.29) is 16.6 Å². The number of amides is 2. The lowest BCUT2D eigenvalue weighted by Gasteiger charge is -2.16. The van der Waals surface area contributed by atoms with Crippen molar-refractivity contribution in [3.05, 3.63) is 95.7 Å². The topological polar surface area (TPSA) is 102 Å². The normalized spacial score (nSPS) is 11.5. The van der Waals surface area contributed by atoms with E-state index in [4.69, 9.17) is 5.73 Å². The first-order valence-corrected chi connectivity index (χ1v) is 10.3. The average molecular weight is 420 g/mol. The minimum absolute atomic E-state index is 0.0783. The molecule has 3 N–H and O–H groups in total. The summed E-state index contributed by atoms with van der Waals surface area (Å²) in [5, 5.41) is 2.69. The third-order valence-electron chi connectivity index (χ3n) is 4.42. The molecule has 6 nitrogen and oxygen atoms in total. The van der Waals surface area contributed by atoms with Gasteiger partial charge in [-0.1, -0.05) is 72.4 Å². The monoisotopic (exact) mass is 419 g/mol. The van der Waals surface area contributed by atoms with Crippen LogP contribution in [0.1, 0.15) is 26.3 Å². The molecule has 0 spiro atoms. The second-order valence-electron chi connectivity index (χ2n) is 6.64. The zero-order valence-electron chi connectivity index (χ0n) is 16.2. The summed E-state index contributed by atoms with van der Waals surface area (Å²) in [4.78, 5) is 40.6. The molecule has 152 valence electrons. The number of nitrogens with two attached hydrogens (primary N) is 1. The van der Waals surface area contributed by atoms with Crippen molar-refractivity contribution in [2.75, 3.05) is 11.1 Å². The Hall–Kier alpha value is -3.45. The van der Waals surface area contributed by atoms with E-state index in [1.54, 1.807) is 12.1 Å². The van der Waals surface area contributed by atoms with Gasteiger partial charge in [-0.15, -0.1) is 0 Å². The first kappa shape index (κ1) is 21.3. The van der Waals surface area contributed by atoms with E-state index in [9.17, 15) is 14.4 Å². The van der Waals surface area contributed by atoms with Gasteiger partial charge in [0.2, 0.25) is 16.9 Å². The molecule has 0 saturated heterocycles. The summed E-state index contributed by atoms with van der Waals surface area (Å²) in [5.41, 5.74) is 7.08. The Labute approximate surface area is 178 Å². The van der Waals surface area contributed by atoms with Gasteiger partial charge in [-0.05, 0) is 24.1 Å². The van der Waals surface area contributed by atoms with Gasteiger partial charge < -0.3 is 11.1 Å². The maximum atomic E-state index is 12.9. The zero-order chi connectivity index (χ0) is 21.3. The molecule has 0 fully saturated rings. The summed E-state index contributed by atoms with van der Waals surface area (Å²) in [6.45, 7) is 0. The van der Waals surface area contributed by atoms with Gasteiger partial charge in [0.05, 0.1) is 11.5 Å². The molecule has 2 amide bonds. The molecule has 0 saturated carbocycles. The molecule has 30 heavy (non-hydrogen) atoms.